The van der Waals surface area contributed by atoms with Crippen LogP contribution in [0.15, 0.2) is 24.3 Å². The predicted molar refractivity (Wildman–Crippen MR) is 53.1 cm³/mol. The van der Waals surface area contributed by atoms with Crippen molar-refractivity contribution in [2.75, 3.05) is 0 Å². The van der Waals surface area contributed by atoms with Crippen LogP contribution >= 0.6 is 0 Å². The summed E-state index contributed by atoms with van der Waals surface area (Å²) in [7, 11) is -1.18. The minimum absolute atomic E-state index is 0.424. The maximum atomic E-state index is 7.70. The quantitative estimate of drug-likeness (QED) is 0.578. The lowest BCUT2D eigenvalue weighted by Gasteiger charge is -2.26. The molecular formula is C9H15NSi. The van der Waals surface area contributed by atoms with Crippen LogP contribution in [0.25, 0.3) is 0 Å². The Bertz CT molecular complexity index is 220. The number of nitrogens with one attached hydrogen (secondary N) is 1. The fraction of sp³-hybridized carbons (Fsp3) is 0.444. The number of hydrogen-bond acceptors (Lipinski definition) is 1. The molecule has 0 aromatic heterocycles. The predicted octanol–water partition coefficient (Wildman–Crippen LogP) is 2.84. The van der Waals surface area contributed by atoms with Crippen LogP contribution in [0, 0.1) is 5.41 Å². The third-order valence-electron chi connectivity index (χ3n) is 1.96. The van der Waals surface area contributed by atoms with E-state index in [4.69, 9.17) is 5.41 Å². The van der Waals surface area contributed by atoms with E-state index in [1.165, 1.54) is 0 Å². The van der Waals surface area contributed by atoms with Crippen LogP contribution in [0.2, 0.25) is 25.2 Å². The van der Waals surface area contributed by atoms with Gasteiger partial charge in [0.2, 0.25) is 0 Å². The van der Waals surface area contributed by atoms with E-state index in [2.05, 4.69) is 31.8 Å². The molecule has 0 bridgehead atoms. The molecular weight excluding hydrogens is 150 g/mol. The second kappa shape index (κ2) is 2.78. The van der Waals surface area contributed by atoms with Crippen molar-refractivity contribution in [2.45, 2.75) is 25.2 Å². The van der Waals surface area contributed by atoms with Crippen LogP contribution in [0.4, 0.5) is 0 Å². The molecule has 1 unspecified atom stereocenters. The molecule has 0 spiro atoms. The minimum atomic E-state index is -1.18. The van der Waals surface area contributed by atoms with Gasteiger partial charge < -0.3 is 5.41 Å². The monoisotopic (exact) mass is 165 g/mol. The van der Waals surface area contributed by atoms with Crippen molar-refractivity contribution in [1.29, 1.82) is 5.41 Å². The van der Waals surface area contributed by atoms with Gasteiger partial charge in [-0.1, -0.05) is 37.9 Å². The topological polar surface area (TPSA) is 23.9 Å². The first-order chi connectivity index (χ1) is 5.02. The molecule has 0 aliphatic heterocycles. The molecule has 1 aliphatic rings. The molecule has 1 nitrogen and oxygen atoms in total. The molecule has 0 fully saturated rings. The van der Waals surface area contributed by atoms with Crippen LogP contribution < -0.4 is 0 Å². The standard InChI is InChI=1S/C9H15NSi/c1-11(2,3)9-7-5-4-6-8(9)10/h4-7,9-10H,1-3H3. The van der Waals surface area contributed by atoms with E-state index in [-0.39, 0.29) is 0 Å². The summed E-state index contributed by atoms with van der Waals surface area (Å²) in [5, 5.41) is 7.70. The molecule has 0 aromatic carbocycles. The van der Waals surface area contributed by atoms with Gasteiger partial charge in [0.1, 0.15) is 0 Å². The summed E-state index contributed by atoms with van der Waals surface area (Å²) in [5.74, 6) is 0. The van der Waals surface area contributed by atoms with Gasteiger partial charge in [-0.25, -0.2) is 0 Å². The first-order valence-corrected chi connectivity index (χ1v) is 7.53. The van der Waals surface area contributed by atoms with Crippen LogP contribution in [0.3, 0.4) is 0 Å². The number of allylic oxidation sites excluding steroid dienone is 4. The summed E-state index contributed by atoms with van der Waals surface area (Å²) < 4.78 is 0. The Morgan fingerprint density at radius 1 is 1.27 bits per heavy atom. The van der Waals surface area contributed by atoms with Gasteiger partial charge in [0, 0.05) is 11.3 Å². The molecule has 11 heavy (non-hydrogen) atoms. The van der Waals surface area contributed by atoms with Crippen molar-refractivity contribution in [2.24, 2.45) is 0 Å². The Labute approximate surface area is 69.3 Å². The second-order valence-corrected chi connectivity index (χ2v) is 9.40. The van der Waals surface area contributed by atoms with Crippen molar-refractivity contribution in [3.05, 3.63) is 24.3 Å². The van der Waals surface area contributed by atoms with E-state index in [1.807, 2.05) is 12.2 Å². The summed E-state index contributed by atoms with van der Waals surface area (Å²) in [6.45, 7) is 6.90. The average molecular weight is 165 g/mol. The summed E-state index contributed by atoms with van der Waals surface area (Å²) in [6, 6.07) is 0. The van der Waals surface area contributed by atoms with Crippen LogP contribution in [-0.4, -0.2) is 13.8 Å². The third kappa shape index (κ3) is 1.90. The molecule has 60 valence electrons. The zero-order chi connectivity index (χ0) is 8.48. The number of hydrogen-bond donors (Lipinski definition) is 1. The molecule has 1 N–H and O–H groups in total. The van der Waals surface area contributed by atoms with Crippen molar-refractivity contribution >= 4 is 13.8 Å². The first-order valence-electron chi connectivity index (χ1n) is 3.95. The van der Waals surface area contributed by atoms with E-state index in [0.717, 1.165) is 5.71 Å². The molecule has 1 atom stereocenters. The van der Waals surface area contributed by atoms with E-state index in [0.29, 0.717) is 5.54 Å². The summed E-state index contributed by atoms with van der Waals surface area (Å²) >= 11 is 0. The smallest absolute Gasteiger partial charge is 0.0585 e. The SMILES string of the molecule is C[Si](C)(C)C1C=CC=CC1=N. The molecule has 0 saturated heterocycles. The maximum absolute atomic E-state index is 7.70. The fourth-order valence-electron chi connectivity index (χ4n) is 1.30. The maximum Gasteiger partial charge on any atom is 0.0585 e. The lowest BCUT2D eigenvalue weighted by atomic mass is 10.1. The molecule has 1 rings (SSSR count). The Morgan fingerprint density at radius 2 is 1.91 bits per heavy atom. The molecule has 2 heteroatoms. The Balaban J connectivity index is 2.82. The zero-order valence-corrected chi connectivity index (χ0v) is 8.39. The van der Waals surface area contributed by atoms with Gasteiger partial charge in [-0.3, -0.25) is 0 Å². The molecule has 0 amide bonds. The highest BCUT2D eigenvalue weighted by Gasteiger charge is 2.27. The van der Waals surface area contributed by atoms with Gasteiger partial charge in [-0.2, -0.15) is 0 Å². The van der Waals surface area contributed by atoms with Gasteiger partial charge >= 0.3 is 0 Å². The zero-order valence-electron chi connectivity index (χ0n) is 7.39. The molecule has 0 aromatic rings. The Kier molecular flexibility index (Phi) is 2.14. The Morgan fingerprint density at radius 3 is 2.27 bits per heavy atom. The lowest BCUT2D eigenvalue weighted by molar-refractivity contribution is 1.27. The van der Waals surface area contributed by atoms with E-state index in [9.17, 15) is 0 Å². The fourth-order valence-corrected chi connectivity index (χ4v) is 3.01. The van der Waals surface area contributed by atoms with Crippen molar-refractivity contribution in [1.82, 2.24) is 0 Å². The first kappa shape index (κ1) is 8.46. The van der Waals surface area contributed by atoms with Gasteiger partial charge in [0.15, 0.2) is 0 Å². The van der Waals surface area contributed by atoms with Crippen molar-refractivity contribution in [3.63, 3.8) is 0 Å². The summed E-state index contributed by atoms with van der Waals surface area (Å²) in [4.78, 5) is 0. The molecule has 0 radical (unpaired) electrons. The molecule has 0 heterocycles. The van der Waals surface area contributed by atoms with Crippen LogP contribution in [0.5, 0.6) is 0 Å². The van der Waals surface area contributed by atoms with Gasteiger partial charge in [-0.05, 0) is 6.08 Å². The van der Waals surface area contributed by atoms with E-state index >= 15 is 0 Å². The highest BCUT2D eigenvalue weighted by atomic mass is 28.3. The summed E-state index contributed by atoms with van der Waals surface area (Å²) in [6.07, 6.45) is 8.07. The highest BCUT2D eigenvalue weighted by molar-refractivity contribution is 6.81. The Hall–Kier alpha value is -0.633. The van der Waals surface area contributed by atoms with Crippen LogP contribution in [-0.2, 0) is 0 Å². The molecule has 0 saturated carbocycles. The van der Waals surface area contributed by atoms with Crippen molar-refractivity contribution < 1.29 is 0 Å². The van der Waals surface area contributed by atoms with Crippen molar-refractivity contribution in [3.8, 4) is 0 Å². The highest BCUT2D eigenvalue weighted by Crippen LogP contribution is 2.26. The van der Waals surface area contributed by atoms with Gasteiger partial charge in [-0.15, -0.1) is 0 Å². The van der Waals surface area contributed by atoms with Gasteiger partial charge in [0.05, 0.1) is 8.07 Å². The second-order valence-electron chi connectivity index (χ2n) is 4.04. The average Bonchev–Trinajstić information content (AvgIpc) is 1.86. The third-order valence-corrected chi connectivity index (χ3v) is 4.33. The van der Waals surface area contributed by atoms with Gasteiger partial charge in [0.25, 0.3) is 0 Å². The van der Waals surface area contributed by atoms with E-state index in [1.54, 1.807) is 0 Å². The minimum Gasteiger partial charge on any atom is -0.305 e. The largest absolute Gasteiger partial charge is 0.305 e. The van der Waals surface area contributed by atoms with E-state index < -0.39 is 8.07 Å². The molecule has 1 aliphatic carbocycles. The lowest BCUT2D eigenvalue weighted by Crippen LogP contribution is -2.32. The normalized spacial score (nSPS) is 24.3. The summed E-state index contributed by atoms with van der Waals surface area (Å²) in [5.41, 5.74) is 1.21. The number of rotatable bonds is 1. The van der Waals surface area contributed by atoms with Crippen LogP contribution in [0.1, 0.15) is 0 Å².